The highest BCUT2D eigenvalue weighted by atomic mass is 16.5. The predicted octanol–water partition coefficient (Wildman–Crippen LogP) is 4.14. The Morgan fingerprint density at radius 3 is 2.67 bits per heavy atom. The number of hydrogen-bond donors (Lipinski definition) is 1. The zero-order valence-corrected chi connectivity index (χ0v) is 16.5. The molecule has 7 heteroatoms. The number of hydrogen-bond acceptors (Lipinski definition) is 7. The van der Waals surface area contributed by atoms with Gasteiger partial charge in [-0.25, -0.2) is 9.78 Å². The zero-order chi connectivity index (χ0) is 21.3. The van der Waals surface area contributed by atoms with Crippen molar-refractivity contribution in [3.8, 4) is 17.2 Å². The molecule has 0 fully saturated rings. The van der Waals surface area contributed by atoms with Gasteiger partial charge < -0.3 is 19.6 Å². The summed E-state index contributed by atoms with van der Waals surface area (Å²) >= 11 is 0. The molecule has 1 aliphatic heterocycles. The Kier molecular flexibility index (Phi) is 4.98. The number of ether oxygens (including phenoxy) is 2. The van der Waals surface area contributed by atoms with Gasteiger partial charge in [0.1, 0.15) is 22.9 Å². The first-order chi connectivity index (χ1) is 14.5. The summed E-state index contributed by atoms with van der Waals surface area (Å²) in [6.45, 7) is 3.58. The van der Waals surface area contributed by atoms with E-state index in [1.807, 2.05) is 42.5 Å². The normalized spacial score (nSPS) is 16.4. The smallest absolute Gasteiger partial charge is 0.338 e. The van der Waals surface area contributed by atoms with E-state index in [4.69, 9.17) is 19.6 Å². The van der Waals surface area contributed by atoms with Crippen molar-refractivity contribution in [1.82, 2.24) is 4.98 Å². The number of aromatic nitrogens is 1. The number of rotatable bonds is 4. The molecule has 3 aromatic rings. The monoisotopic (exact) mass is 401 g/mol. The van der Waals surface area contributed by atoms with Crippen LogP contribution in [0.4, 0.5) is 0 Å². The number of fused-ring (bicyclic) bond motifs is 1. The number of carbonyl (C=O) groups is 1. The molecular weight excluding hydrogens is 382 g/mol. The van der Waals surface area contributed by atoms with Gasteiger partial charge in [0.15, 0.2) is 12.0 Å². The summed E-state index contributed by atoms with van der Waals surface area (Å²) in [6, 6.07) is 15.4. The third kappa shape index (κ3) is 3.29. The second-order valence-corrected chi connectivity index (χ2v) is 6.77. The van der Waals surface area contributed by atoms with Gasteiger partial charge in [0.2, 0.25) is 5.88 Å². The van der Waals surface area contributed by atoms with Crippen molar-refractivity contribution in [2.45, 2.75) is 19.8 Å². The molecule has 0 bridgehead atoms. The summed E-state index contributed by atoms with van der Waals surface area (Å²) in [6.07, 6.45) is 1.41. The Morgan fingerprint density at radius 1 is 1.23 bits per heavy atom. The number of esters is 1. The lowest BCUT2D eigenvalue weighted by molar-refractivity contribution is -0.139. The average molecular weight is 401 g/mol. The molecule has 1 atom stereocenters. The average Bonchev–Trinajstić information content (AvgIpc) is 3.21. The summed E-state index contributed by atoms with van der Waals surface area (Å²) < 4.78 is 15.9. The van der Waals surface area contributed by atoms with Crippen LogP contribution in [0.25, 0.3) is 22.2 Å². The minimum Gasteiger partial charge on any atom is -0.463 e. The van der Waals surface area contributed by atoms with Crippen LogP contribution in [-0.2, 0) is 14.3 Å². The highest BCUT2D eigenvalue weighted by molar-refractivity contribution is 5.92. The highest BCUT2D eigenvalue weighted by Gasteiger charge is 2.36. The zero-order valence-electron chi connectivity index (χ0n) is 16.5. The van der Waals surface area contributed by atoms with Crippen LogP contribution in [0.3, 0.4) is 0 Å². The van der Waals surface area contributed by atoms with Crippen LogP contribution in [0.15, 0.2) is 76.1 Å². The minimum absolute atomic E-state index is 0.00592. The number of nitrogens with zero attached hydrogens (tertiary/aromatic N) is 2. The fourth-order valence-electron chi connectivity index (χ4n) is 3.59. The predicted molar refractivity (Wildman–Crippen MR) is 109 cm³/mol. The summed E-state index contributed by atoms with van der Waals surface area (Å²) in [5.74, 6) is -0.861. The van der Waals surface area contributed by atoms with Crippen molar-refractivity contribution in [1.29, 1.82) is 5.26 Å². The number of nitriles is 1. The molecule has 0 saturated carbocycles. The Morgan fingerprint density at radius 2 is 1.97 bits per heavy atom. The maximum absolute atomic E-state index is 12.6. The quantitative estimate of drug-likeness (QED) is 0.654. The van der Waals surface area contributed by atoms with Crippen LogP contribution in [0, 0.1) is 11.3 Å². The van der Waals surface area contributed by atoms with Crippen LogP contribution in [0.2, 0.25) is 0 Å². The van der Waals surface area contributed by atoms with E-state index >= 15 is 0 Å². The molecule has 0 amide bonds. The van der Waals surface area contributed by atoms with Gasteiger partial charge in [-0.05, 0) is 42.7 Å². The third-order valence-corrected chi connectivity index (χ3v) is 5.01. The number of benzene rings is 2. The van der Waals surface area contributed by atoms with E-state index in [1.54, 1.807) is 13.8 Å². The third-order valence-electron chi connectivity index (χ3n) is 5.01. The van der Waals surface area contributed by atoms with E-state index in [9.17, 15) is 10.1 Å². The fraction of sp³-hybridized carbons (Fsp3) is 0.174. The van der Waals surface area contributed by atoms with Crippen molar-refractivity contribution in [2.75, 3.05) is 6.61 Å². The number of oxazole rings is 1. The molecule has 0 saturated heterocycles. The molecule has 150 valence electrons. The molecule has 4 rings (SSSR count). The molecule has 1 unspecified atom stereocenters. The van der Waals surface area contributed by atoms with E-state index in [0.29, 0.717) is 5.76 Å². The molecular formula is C23H19N3O4. The highest BCUT2D eigenvalue weighted by Crippen LogP contribution is 2.40. The summed E-state index contributed by atoms with van der Waals surface area (Å²) in [7, 11) is 0. The Labute approximate surface area is 173 Å². The lowest BCUT2D eigenvalue weighted by Crippen LogP contribution is -2.25. The summed E-state index contributed by atoms with van der Waals surface area (Å²) in [4.78, 5) is 16.8. The van der Waals surface area contributed by atoms with Gasteiger partial charge in [0.05, 0.1) is 18.1 Å². The lowest BCUT2D eigenvalue weighted by Gasteiger charge is -2.27. The van der Waals surface area contributed by atoms with Gasteiger partial charge in [-0.2, -0.15) is 5.26 Å². The van der Waals surface area contributed by atoms with Gasteiger partial charge in [-0.15, -0.1) is 0 Å². The van der Waals surface area contributed by atoms with E-state index in [1.165, 1.54) is 6.39 Å². The molecule has 30 heavy (non-hydrogen) atoms. The molecule has 0 radical (unpaired) electrons. The van der Waals surface area contributed by atoms with Gasteiger partial charge >= 0.3 is 5.97 Å². The van der Waals surface area contributed by atoms with Crippen LogP contribution in [0.5, 0.6) is 0 Å². The number of allylic oxidation sites excluding steroid dienone is 2. The molecule has 2 heterocycles. The second kappa shape index (κ2) is 7.76. The first kappa shape index (κ1) is 19.3. The van der Waals surface area contributed by atoms with Crippen molar-refractivity contribution in [2.24, 2.45) is 5.73 Å². The van der Waals surface area contributed by atoms with Crippen molar-refractivity contribution < 1.29 is 18.7 Å². The molecule has 7 nitrogen and oxygen atoms in total. The van der Waals surface area contributed by atoms with Crippen molar-refractivity contribution >= 4 is 17.1 Å². The minimum atomic E-state index is -0.658. The van der Waals surface area contributed by atoms with E-state index in [2.05, 4.69) is 11.1 Å². The van der Waals surface area contributed by atoms with E-state index in [-0.39, 0.29) is 23.6 Å². The maximum Gasteiger partial charge on any atom is 0.338 e. The van der Waals surface area contributed by atoms with Crippen molar-refractivity contribution in [3.63, 3.8) is 0 Å². The van der Waals surface area contributed by atoms with E-state index in [0.717, 1.165) is 27.8 Å². The molecule has 2 aromatic carbocycles. The first-order valence-corrected chi connectivity index (χ1v) is 9.42. The molecule has 0 aliphatic carbocycles. The molecule has 1 aliphatic rings. The lowest BCUT2D eigenvalue weighted by atomic mass is 9.82. The van der Waals surface area contributed by atoms with Crippen LogP contribution < -0.4 is 5.73 Å². The molecule has 2 N–H and O–H groups in total. The Bertz CT molecular complexity index is 1230. The standard InChI is InChI=1S/C23H19N3O4/c1-3-28-23(27)20-13(2)30-22(25)17(11-24)21(20)15-6-4-14(5-7-15)16-8-9-19-18(10-16)26-12-29-19/h4-10,12,21H,3,25H2,1-2H3. The topological polar surface area (TPSA) is 111 Å². The Balaban J connectivity index is 1.75. The Hall–Kier alpha value is -4.05. The van der Waals surface area contributed by atoms with Crippen molar-refractivity contribution in [3.05, 3.63) is 77.2 Å². The van der Waals surface area contributed by atoms with Crippen LogP contribution in [-0.4, -0.2) is 17.6 Å². The van der Waals surface area contributed by atoms with Crippen LogP contribution >= 0.6 is 0 Å². The number of carbonyl (C=O) groups excluding carboxylic acids is 1. The SMILES string of the molecule is CCOC(=O)C1=C(C)OC(N)=C(C#N)C1c1ccc(-c2ccc3ocnc3c2)cc1. The van der Waals surface area contributed by atoms with Gasteiger partial charge in [-0.3, -0.25) is 0 Å². The van der Waals surface area contributed by atoms with Crippen LogP contribution in [0.1, 0.15) is 25.3 Å². The second-order valence-electron chi connectivity index (χ2n) is 6.77. The largest absolute Gasteiger partial charge is 0.463 e. The van der Waals surface area contributed by atoms with Gasteiger partial charge in [0, 0.05) is 0 Å². The van der Waals surface area contributed by atoms with E-state index < -0.39 is 11.9 Å². The van der Waals surface area contributed by atoms with Gasteiger partial charge in [0.25, 0.3) is 0 Å². The fourth-order valence-corrected chi connectivity index (χ4v) is 3.59. The summed E-state index contributed by atoms with van der Waals surface area (Å²) in [5, 5.41) is 9.66. The number of nitrogens with two attached hydrogens (primary N) is 1. The first-order valence-electron chi connectivity index (χ1n) is 9.42. The molecule has 1 aromatic heterocycles. The summed E-state index contributed by atoms with van der Waals surface area (Å²) in [5.41, 5.74) is 10.6. The molecule has 0 spiro atoms. The maximum atomic E-state index is 12.6. The van der Waals surface area contributed by atoms with Gasteiger partial charge in [-0.1, -0.05) is 30.3 Å².